The van der Waals surface area contributed by atoms with Gasteiger partial charge in [-0.05, 0) is 24.8 Å². The number of carbonyl (C=O) groups is 2. The summed E-state index contributed by atoms with van der Waals surface area (Å²) in [5.41, 5.74) is 5.84. The molecule has 1 aliphatic rings. The molecule has 0 atom stereocenters. The fourth-order valence-electron chi connectivity index (χ4n) is 4.39. The van der Waals surface area contributed by atoms with Crippen LogP contribution in [0.1, 0.15) is 38.7 Å². The van der Waals surface area contributed by atoms with Crippen LogP contribution in [-0.2, 0) is 20.9 Å². The molecule has 2 aromatic rings. The lowest BCUT2D eigenvalue weighted by molar-refractivity contribution is -0.137. The molecule has 0 bridgehead atoms. The number of benzene rings is 1. The van der Waals surface area contributed by atoms with E-state index in [9.17, 15) is 19.2 Å². The number of piperidine rings is 1. The molecule has 0 saturated carbocycles. The minimum atomic E-state index is -0.699. The Kier molecular flexibility index (Phi) is 8.86. The summed E-state index contributed by atoms with van der Waals surface area (Å²) in [6.07, 6.45) is 1.49. The van der Waals surface area contributed by atoms with Crippen LogP contribution >= 0.6 is 0 Å². The number of aromatic nitrogens is 2. The smallest absolute Gasteiger partial charge is 0.330 e. The number of ether oxygens (including phenoxy) is 1. The van der Waals surface area contributed by atoms with Crippen molar-refractivity contribution in [2.45, 2.75) is 39.7 Å². The molecule has 10 heteroatoms. The zero-order valence-electron chi connectivity index (χ0n) is 20.7. The summed E-state index contributed by atoms with van der Waals surface area (Å²) in [5, 5.41) is 0. The summed E-state index contributed by atoms with van der Waals surface area (Å²) in [7, 11) is 1.56. The molecular formula is C25H35N5O5. The molecule has 3 rings (SSSR count). The molecule has 10 nitrogen and oxygen atoms in total. The van der Waals surface area contributed by atoms with Gasteiger partial charge in [0.25, 0.3) is 5.56 Å². The highest BCUT2D eigenvalue weighted by atomic mass is 16.5. The second kappa shape index (κ2) is 11.8. The number of nitrogens with one attached hydrogen (secondary N) is 1. The maximum absolute atomic E-state index is 13.6. The Morgan fingerprint density at radius 3 is 2.43 bits per heavy atom. The molecule has 2 heterocycles. The predicted molar refractivity (Wildman–Crippen MR) is 134 cm³/mol. The van der Waals surface area contributed by atoms with Crippen LogP contribution in [0.2, 0.25) is 0 Å². The summed E-state index contributed by atoms with van der Waals surface area (Å²) < 4.78 is 6.41. The zero-order valence-corrected chi connectivity index (χ0v) is 20.7. The second-order valence-corrected chi connectivity index (χ2v) is 9.16. The molecule has 0 spiro atoms. The number of H-pyrrole nitrogens is 1. The Morgan fingerprint density at radius 1 is 1.17 bits per heavy atom. The van der Waals surface area contributed by atoms with Crippen LogP contribution < -0.4 is 21.9 Å². The first-order chi connectivity index (χ1) is 16.7. The molecule has 1 aromatic carbocycles. The number of methoxy groups -OCH3 is 1. The standard InChI is InChI=1S/C25H35N5O5/c1-17(2)23(32)28-13-10-19(11-14-28)24(33)29(12-7-15-35-3)20-21(26)30(25(34)27-22(20)31)16-18-8-5-4-6-9-18/h4-6,8-9,17,19H,7,10-16,26H2,1-3H3,(H,27,31,34). The predicted octanol–water partition coefficient (Wildman–Crippen LogP) is 1.43. The Bertz CT molecular complexity index is 1130. The van der Waals surface area contributed by atoms with Crippen molar-refractivity contribution in [3.8, 4) is 0 Å². The maximum atomic E-state index is 13.6. The van der Waals surface area contributed by atoms with E-state index >= 15 is 0 Å². The second-order valence-electron chi connectivity index (χ2n) is 9.16. The number of amides is 2. The number of rotatable bonds is 9. The lowest BCUT2D eigenvalue weighted by atomic mass is 9.94. The van der Waals surface area contributed by atoms with E-state index in [1.54, 1.807) is 12.0 Å². The van der Waals surface area contributed by atoms with Crippen LogP contribution in [0.4, 0.5) is 11.5 Å². The van der Waals surface area contributed by atoms with Gasteiger partial charge in [0.15, 0.2) is 5.69 Å². The van der Waals surface area contributed by atoms with Crippen LogP contribution in [0.15, 0.2) is 39.9 Å². The van der Waals surface area contributed by atoms with E-state index in [-0.39, 0.29) is 48.2 Å². The highest BCUT2D eigenvalue weighted by molar-refractivity contribution is 5.97. The number of likely N-dealkylation sites (tertiary alicyclic amines) is 1. The summed E-state index contributed by atoms with van der Waals surface area (Å²) in [6.45, 7) is 5.46. The number of carbonyl (C=O) groups excluding carboxylic acids is 2. The molecule has 0 radical (unpaired) electrons. The molecular weight excluding hydrogens is 450 g/mol. The molecule has 190 valence electrons. The number of nitrogens with zero attached hydrogens (tertiary/aromatic N) is 3. The minimum absolute atomic E-state index is 0.0256. The van der Waals surface area contributed by atoms with Crippen molar-refractivity contribution in [2.24, 2.45) is 11.8 Å². The molecule has 1 fully saturated rings. The van der Waals surface area contributed by atoms with Crippen molar-refractivity contribution < 1.29 is 14.3 Å². The maximum Gasteiger partial charge on any atom is 0.330 e. The average molecular weight is 486 g/mol. The van der Waals surface area contributed by atoms with Gasteiger partial charge in [0.05, 0.1) is 6.54 Å². The molecule has 1 saturated heterocycles. The van der Waals surface area contributed by atoms with Crippen LogP contribution in [0, 0.1) is 11.8 Å². The van der Waals surface area contributed by atoms with Crippen LogP contribution in [-0.4, -0.2) is 59.6 Å². The molecule has 35 heavy (non-hydrogen) atoms. The fourth-order valence-corrected chi connectivity index (χ4v) is 4.39. The van der Waals surface area contributed by atoms with Crippen LogP contribution in [0.3, 0.4) is 0 Å². The van der Waals surface area contributed by atoms with E-state index in [1.807, 2.05) is 44.2 Å². The third-order valence-electron chi connectivity index (χ3n) is 6.31. The summed E-state index contributed by atoms with van der Waals surface area (Å²) in [4.78, 5) is 57.0. The monoisotopic (exact) mass is 485 g/mol. The van der Waals surface area contributed by atoms with Crippen molar-refractivity contribution in [3.05, 3.63) is 56.7 Å². The molecule has 0 unspecified atom stereocenters. The van der Waals surface area contributed by atoms with Gasteiger partial charge in [0, 0.05) is 45.2 Å². The van der Waals surface area contributed by atoms with Gasteiger partial charge in [0.2, 0.25) is 11.8 Å². The summed E-state index contributed by atoms with van der Waals surface area (Å²) in [6, 6.07) is 9.26. The summed E-state index contributed by atoms with van der Waals surface area (Å²) >= 11 is 0. The van der Waals surface area contributed by atoms with Crippen LogP contribution in [0.25, 0.3) is 0 Å². The number of anilines is 2. The van der Waals surface area contributed by atoms with E-state index in [2.05, 4.69) is 4.98 Å². The van der Waals surface area contributed by atoms with E-state index < -0.39 is 11.2 Å². The SMILES string of the molecule is COCCCN(C(=O)C1CCN(C(=O)C(C)C)CC1)c1c(N)n(Cc2ccccc2)c(=O)[nH]c1=O. The van der Waals surface area contributed by atoms with Crippen molar-refractivity contribution in [2.75, 3.05) is 44.0 Å². The first-order valence-electron chi connectivity index (χ1n) is 12.0. The fraction of sp³-hybridized carbons (Fsp3) is 0.520. The largest absolute Gasteiger partial charge is 0.385 e. The van der Waals surface area contributed by atoms with E-state index in [1.165, 1.54) is 9.47 Å². The molecule has 0 aliphatic carbocycles. The van der Waals surface area contributed by atoms with Crippen molar-refractivity contribution in [3.63, 3.8) is 0 Å². The van der Waals surface area contributed by atoms with Gasteiger partial charge in [-0.1, -0.05) is 44.2 Å². The average Bonchev–Trinajstić information content (AvgIpc) is 2.85. The number of hydrogen-bond donors (Lipinski definition) is 2. The van der Waals surface area contributed by atoms with Gasteiger partial charge in [-0.3, -0.25) is 23.9 Å². The third kappa shape index (κ3) is 6.19. The first-order valence-corrected chi connectivity index (χ1v) is 12.0. The quantitative estimate of drug-likeness (QED) is 0.517. The topological polar surface area (TPSA) is 131 Å². The van der Waals surface area contributed by atoms with Crippen molar-refractivity contribution in [1.29, 1.82) is 0 Å². The normalized spacial score (nSPS) is 14.3. The van der Waals surface area contributed by atoms with E-state index in [4.69, 9.17) is 10.5 Å². The van der Waals surface area contributed by atoms with Crippen LogP contribution in [0.5, 0.6) is 0 Å². The highest BCUT2D eigenvalue weighted by Gasteiger charge is 2.33. The Balaban J connectivity index is 1.91. The number of hydrogen-bond acceptors (Lipinski definition) is 6. The Morgan fingerprint density at radius 2 is 1.83 bits per heavy atom. The number of aromatic amines is 1. The molecule has 1 aliphatic heterocycles. The number of nitrogen functional groups attached to an aromatic ring is 1. The van der Waals surface area contributed by atoms with Crippen molar-refractivity contribution >= 4 is 23.3 Å². The third-order valence-corrected chi connectivity index (χ3v) is 6.31. The van der Waals surface area contributed by atoms with E-state index in [0.29, 0.717) is 39.0 Å². The Labute approximate surface area is 204 Å². The van der Waals surface area contributed by atoms with Gasteiger partial charge >= 0.3 is 5.69 Å². The lowest BCUT2D eigenvalue weighted by Crippen LogP contribution is -2.48. The molecule has 3 N–H and O–H groups in total. The van der Waals surface area contributed by atoms with E-state index in [0.717, 1.165) is 5.56 Å². The minimum Gasteiger partial charge on any atom is -0.385 e. The summed E-state index contributed by atoms with van der Waals surface area (Å²) in [5.74, 6) is -0.680. The zero-order chi connectivity index (χ0) is 25.5. The van der Waals surface area contributed by atoms with Gasteiger partial charge < -0.3 is 20.3 Å². The molecule has 1 aromatic heterocycles. The first kappa shape index (κ1) is 26.2. The van der Waals surface area contributed by atoms with Gasteiger partial charge in [-0.2, -0.15) is 0 Å². The van der Waals surface area contributed by atoms with Gasteiger partial charge in [-0.25, -0.2) is 4.79 Å². The lowest BCUT2D eigenvalue weighted by Gasteiger charge is -2.35. The van der Waals surface area contributed by atoms with Gasteiger partial charge in [-0.15, -0.1) is 0 Å². The van der Waals surface area contributed by atoms with Crippen molar-refractivity contribution in [1.82, 2.24) is 14.5 Å². The number of nitrogens with two attached hydrogens (primary N) is 1. The molecule has 2 amide bonds. The van der Waals surface area contributed by atoms with Gasteiger partial charge in [0.1, 0.15) is 5.82 Å². The Hall–Kier alpha value is -3.40. The highest BCUT2D eigenvalue weighted by Crippen LogP contribution is 2.26.